The van der Waals surface area contributed by atoms with Crippen molar-refractivity contribution >= 4 is 17.4 Å². The van der Waals surface area contributed by atoms with Crippen LogP contribution in [-0.2, 0) is 13.5 Å². The summed E-state index contributed by atoms with van der Waals surface area (Å²) in [5.41, 5.74) is 1.38. The third-order valence-electron chi connectivity index (χ3n) is 2.16. The number of halogens is 1. The Bertz CT molecular complexity index is 355. The summed E-state index contributed by atoms with van der Waals surface area (Å²) in [7, 11) is 1.75. The van der Waals surface area contributed by atoms with Gasteiger partial charge in [0, 0.05) is 13.0 Å². The summed E-state index contributed by atoms with van der Waals surface area (Å²) >= 11 is 6.01. The number of carbonyl (C=O) groups excluding carboxylic acids is 1. The highest BCUT2D eigenvalue weighted by atomic mass is 35.5. The molecule has 0 atom stereocenters. The van der Waals surface area contributed by atoms with Gasteiger partial charge < -0.3 is 0 Å². The van der Waals surface area contributed by atoms with Crippen molar-refractivity contribution in [2.75, 3.05) is 0 Å². The average Bonchev–Trinajstić information content (AvgIpc) is 2.42. The minimum absolute atomic E-state index is 0.0398. The molecule has 0 fully saturated rings. The van der Waals surface area contributed by atoms with Crippen molar-refractivity contribution in [2.45, 2.75) is 27.2 Å². The van der Waals surface area contributed by atoms with Crippen molar-refractivity contribution in [3.05, 3.63) is 16.4 Å². The van der Waals surface area contributed by atoms with Crippen LogP contribution >= 0.6 is 11.6 Å². The summed E-state index contributed by atoms with van der Waals surface area (Å²) < 4.78 is 1.55. The summed E-state index contributed by atoms with van der Waals surface area (Å²) in [6.45, 7) is 5.70. The van der Waals surface area contributed by atoms with Gasteiger partial charge in [0.1, 0.15) is 5.15 Å². The van der Waals surface area contributed by atoms with Crippen molar-refractivity contribution in [3.8, 4) is 0 Å². The second-order valence-electron chi connectivity index (χ2n) is 3.61. The van der Waals surface area contributed by atoms with Crippen LogP contribution in [-0.4, -0.2) is 15.6 Å². The molecular formula is C10H15ClN2O. The van der Waals surface area contributed by atoms with E-state index in [0.29, 0.717) is 10.7 Å². The Kier molecular flexibility index (Phi) is 3.32. The second-order valence-corrected chi connectivity index (χ2v) is 3.97. The molecule has 1 aromatic rings. The number of aryl methyl sites for hydroxylation is 2. The zero-order chi connectivity index (χ0) is 10.9. The van der Waals surface area contributed by atoms with Gasteiger partial charge in [-0.1, -0.05) is 32.4 Å². The Labute approximate surface area is 89.1 Å². The number of hydrogen-bond donors (Lipinski definition) is 0. The molecule has 0 N–H and O–H groups in total. The Balaban J connectivity index is 3.24. The van der Waals surface area contributed by atoms with Crippen LogP contribution in [0, 0.1) is 5.92 Å². The van der Waals surface area contributed by atoms with Crippen LogP contribution in [0.3, 0.4) is 0 Å². The fraction of sp³-hybridized carbons (Fsp3) is 0.600. The van der Waals surface area contributed by atoms with Gasteiger partial charge >= 0.3 is 0 Å². The lowest BCUT2D eigenvalue weighted by Crippen LogP contribution is -2.09. The van der Waals surface area contributed by atoms with E-state index in [9.17, 15) is 4.79 Å². The van der Waals surface area contributed by atoms with Gasteiger partial charge in [-0.2, -0.15) is 5.10 Å². The van der Waals surface area contributed by atoms with E-state index in [2.05, 4.69) is 5.10 Å². The minimum Gasteiger partial charge on any atom is -0.294 e. The van der Waals surface area contributed by atoms with Gasteiger partial charge in [-0.15, -0.1) is 0 Å². The monoisotopic (exact) mass is 214 g/mol. The zero-order valence-corrected chi connectivity index (χ0v) is 9.72. The van der Waals surface area contributed by atoms with Gasteiger partial charge in [0.2, 0.25) is 0 Å². The molecule has 14 heavy (non-hydrogen) atoms. The van der Waals surface area contributed by atoms with E-state index in [1.165, 1.54) is 0 Å². The van der Waals surface area contributed by atoms with E-state index in [-0.39, 0.29) is 11.7 Å². The van der Waals surface area contributed by atoms with Gasteiger partial charge in [-0.05, 0) is 6.42 Å². The van der Waals surface area contributed by atoms with Crippen LogP contribution in [0.5, 0.6) is 0 Å². The summed E-state index contributed by atoms with van der Waals surface area (Å²) in [6.07, 6.45) is 0.731. The van der Waals surface area contributed by atoms with E-state index < -0.39 is 0 Å². The van der Waals surface area contributed by atoms with Gasteiger partial charge in [-0.25, -0.2) is 0 Å². The highest BCUT2D eigenvalue weighted by Gasteiger charge is 2.22. The van der Waals surface area contributed by atoms with E-state index in [0.717, 1.165) is 12.1 Å². The number of ketones is 1. The van der Waals surface area contributed by atoms with Crippen LogP contribution in [0.4, 0.5) is 0 Å². The summed E-state index contributed by atoms with van der Waals surface area (Å²) in [5, 5.41) is 4.64. The Morgan fingerprint density at radius 2 is 2.14 bits per heavy atom. The Hall–Kier alpha value is -0.830. The predicted molar refractivity (Wildman–Crippen MR) is 56.8 cm³/mol. The summed E-state index contributed by atoms with van der Waals surface area (Å²) in [5.74, 6) is 0.0296. The number of Topliss-reactive ketones (excluding diaryl/α,β-unsaturated/α-hetero) is 1. The Morgan fingerprint density at radius 1 is 1.57 bits per heavy atom. The highest BCUT2D eigenvalue weighted by molar-refractivity contribution is 6.33. The number of nitrogens with zero attached hydrogens (tertiary/aromatic N) is 2. The number of hydrogen-bond acceptors (Lipinski definition) is 2. The molecule has 0 aromatic carbocycles. The third kappa shape index (κ3) is 1.82. The molecule has 0 aliphatic rings. The zero-order valence-electron chi connectivity index (χ0n) is 8.97. The van der Waals surface area contributed by atoms with Crippen molar-refractivity contribution in [2.24, 2.45) is 13.0 Å². The molecule has 0 aliphatic heterocycles. The Morgan fingerprint density at radius 3 is 2.57 bits per heavy atom. The first-order valence-corrected chi connectivity index (χ1v) is 5.12. The molecule has 78 valence electrons. The fourth-order valence-electron chi connectivity index (χ4n) is 1.34. The van der Waals surface area contributed by atoms with Crippen LogP contribution in [0.1, 0.15) is 36.8 Å². The summed E-state index contributed by atoms with van der Waals surface area (Å²) in [4.78, 5) is 11.8. The topological polar surface area (TPSA) is 34.9 Å². The molecule has 0 saturated carbocycles. The molecule has 4 heteroatoms. The standard InChI is InChI=1S/C10H15ClN2O/c1-5-7-8(9(14)6(2)3)10(11)13(4)12-7/h6H,5H2,1-4H3. The maximum Gasteiger partial charge on any atom is 0.170 e. The van der Waals surface area contributed by atoms with Crippen LogP contribution in [0.25, 0.3) is 0 Å². The van der Waals surface area contributed by atoms with Crippen molar-refractivity contribution < 1.29 is 4.79 Å². The van der Waals surface area contributed by atoms with E-state index >= 15 is 0 Å². The number of rotatable bonds is 3. The van der Waals surface area contributed by atoms with Gasteiger partial charge in [0.15, 0.2) is 5.78 Å². The number of aromatic nitrogens is 2. The largest absolute Gasteiger partial charge is 0.294 e. The van der Waals surface area contributed by atoms with Gasteiger partial charge in [-0.3, -0.25) is 9.48 Å². The molecule has 0 radical (unpaired) electrons. The molecule has 0 spiro atoms. The normalized spacial score (nSPS) is 11.0. The van der Waals surface area contributed by atoms with Crippen molar-refractivity contribution in [3.63, 3.8) is 0 Å². The van der Waals surface area contributed by atoms with Crippen molar-refractivity contribution in [1.29, 1.82) is 0 Å². The van der Waals surface area contributed by atoms with E-state index in [1.807, 2.05) is 20.8 Å². The lowest BCUT2D eigenvalue weighted by molar-refractivity contribution is 0.0938. The molecule has 0 aliphatic carbocycles. The fourth-order valence-corrected chi connectivity index (χ4v) is 1.58. The first-order valence-electron chi connectivity index (χ1n) is 4.74. The number of carbonyl (C=O) groups is 1. The first kappa shape index (κ1) is 11.2. The highest BCUT2D eigenvalue weighted by Crippen LogP contribution is 2.22. The van der Waals surface area contributed by atoms with Crippen LogP contribution < -0.4 is 0 Å². The maximum atomic E-state index is 11.8. The molecule has 0 bridgehead atoms. The quantitative estimate of drug-likeness (QED) is 0.725. The molecule has 1 aromatic heterocycles. The maximum absolute atomic E-state index is 11.8. The molecular weight excluding hydrogens is 200 g/mol. The molecule has 0 unspecified atom stereocenters. The molecule has 0 amide bonds. The van der Waals surface area contributed by atoms with Crippen LogP contribution in [0.15, 0.2) is 0 Å². The van der Waals surface area contributed by atoms with E-state index in [1.54, 1.807) is 11.7 Å². The SMILES string of the molecule is CCc1nn(C)c(Cl)c1C(=O)C(C)C. The lowest BCUT2D eigenvalue weighted by Gasteiger charge is -2.03. The van der Waals surface area contributed by atoms with Gasteiger partial charge in [0.05, 0.1) is 11.3 Å². The molecule has 3 nitrogen and oxygen atoms in total. The van der Waals surface area contributed by atoms with Crippen molar-refractivity contribution in [1.82, 2.24) is 9.78 Å². The molecule has 1 rings (SSSR count). The molecule has 0 saturated heterocycles. The molecule has 1 heterocycles. The lowest BCUT2D eigenvalue weighted by atomic mass is 10.0. The summed E-state index contributed by atoms with van der Waals surface area (Å²) in [6, 6.07) is 0. The first-order chi connectivity index (χ1) is 6.49. The minimum atomic E-state index is -0.0398. The van der Waals surface area contributed by atoms with Crippen LogP contribution in [0.2, 0.25) is 5.15 Å². The third-order valence-corrected chi connectivity index (χ3v) is 2.59. The average molecular weight is 215 g/mol. The predicted octanol–water partition coefficient (Wildman–Crippen LogP) is 2.47. The van der Waals surface area contributed by atoms with E-state index in [4.69, 9.17) is 11.6 Å². The smallest absolute Gasteiger partial charge is 0.170 e. The van der Waals surface area contributed by atoms with Gasteiger partial charge in [0.25, 0.3) is 0 Å². The second kappa shape index (κ2) is 4.13.